The summed E-state index contributed by atoms with van der Waals surface area (Å²) in [4.78, 5) is 30.6. The molecule has 0 spiro atoms. The fraction of sp³-hybridized carbons (Fsp3) is 0.455. The van der Waals surface area contributed by atoms with Crippen molar-refractivity contribution in [2.45, 2.75) is 18.4 Å². The molecule has 0 unspecified atom stereocenters. The number of rotatable bonds is 6. The van der Waals surface area contributed by atoms with Gasteiger partial charge in [0.05, 0.1) is 12.9 Å². The van der Waals surface area contributed by atoms with Crippen LogP contribution in [-0.4, -0.2) is 41.3 Å². The zero-order valence-electron chi connectivity index (χ0n) is 10.3. The van der Waals surface area contributed by atoms with E-state index in [-0.39, 0.29) is 17.2 Å². The number of carbonyl (C=O) groups is 2. The maximum absolute atomic E-state index is 11.4. The Morgan fingerprint density at radius 3 is 2.94 bits per heavy atom. The number of thioether (sulfide) groups is 1. The van der Waals surface area contributed by atoms with E-state index in [0.29, 0.717) is 11.6 Å². The van der Waals surface area contributed by atoms with Gasteiger partial charge in [-0.15, -0.1) is 0 Å². The van der Waals surface area contributed by atoms with Crippen molar-refractivity contribution in [1.29, 1.82) is 0 Å². The highest BCUT2D eigenvalue weighted by Crippen LogP contribution is 2.19. The average molecular weight is 269 g/mol. The van der Waals surface area contributed by atoms with Crippen molar-refractivity contribution < 1.29 is 14.3 Å². The molecule has 1 N–H and O–H groups in total. The number of ether oxygens (including phenoxy) is 1. The Morgan fingerprint density at radius 2 is 2.28 bits per heavy atom. The molecule has 0 aliphatic rings. The van der Waals surface area contributed by atoms with Gasteiger partial charge in [0.25, 0.3) is 0 Å². The van der Waals surface area contributed by atoms with Crippen LogP contribution in [0.4, 0.5) is 0 Å². The summed E-state index contributed by atoms with van der Waals surface area (Å²) >= 11 is 1.19. The quantitative estimate of drug-likeness (QED) is 0.469. The Labute approximate surface area is 110 Å². The van der Waals surface area contributed by atoms with Crippen LogP contribution in [0.3, 0.4) is 0 Å². The summed E-state index contributed by atoms with van der Waals surface area (Å²) in [5, 5.41) is 3.19. The molecule has 18 heavy (non-hydrogen) atoms. The van der Waals surface area contributed by atoms with Crippen LogP contribution in [0, 0.1) is 0 Å². The fourth-order valence-corrected chi connectivity index (χ4v) is 1.92. The smallest absolute Gasteiger partial charge is 0.342 e. The molecule has 1 rings (SSSR count). The molecule has 1 amide bonds. The van der Waals surface area contributed by atoms with Crippen molar-refractivity contribution in [2.75, 3.05) is 19.4 Å². The monoisotopic (exact) mass is 269 g/mol. The van der Waals surface area contributed by atoms with Gasteiger partial charge in [0.1, 0.15) is 16.9 Å². The van der Waals surface area contributed by atoms with E-state index in [1.165, 1.54) is 31.4 Å². The number of amides is 1. The van der Waals surface area contributed by atoms with E-state index < -0.39 is 5.97 Å². The van der Waals surface area contributed by atoms with Crippen molar-refractivity contribution in [3.8, 4) is 0 Å². The summed E-state index contributed by atoms with van der Waals surface area (Å²) in [5.41, 5.74) is 0.272. The number of methoxy groups -OCH3 is 1. The van der Waals surface area contributed by atoms with E-state index in [1.807, 2.05) is 6.92 Å². The van der Waals surface area contributed by atoms with Gasteiger partial charge in [-0.05, 0) is 6.42 Å². The molecule has 1 heterocycles. The van der Waals surface area contributed by atoms with Crippen LogP contribution in [0.1, 0.15) is 23.7 Å². The summed E-state index contributed by atoms with van der Waals surface area (Å²) in [7, 11) is 1.29. The highest BCUT2D eigenvalue weighted by Gasteiger charge is 2.14. The molecule has 0 saturated heterocycles. The Balaban J connectivity index is 2.61. The van der Waals surface area contributed by atoms with E-state index in [0.717, 1.165) is 6.42 Å². The van der Waals surface area contributed by atoms with Crippen molar-refractivity contribution in [3.63, 3.8) is 0 Å². The van der Waals surface area contributed by atoms with E-state index in [9.17, 15) is 9.59 Å². The summed E-state index contributed by atoms with van der Waals surface area (Å²) in [5.74, 6) is -0.385. The predicted octanol–water partition coefficient (Wildman–Crippen LogP) is 0.881. The molecule has 98 valence electrons. The molecular weight excluding hydrogens is 254 g/mol. The first-order valence-corrected chi connectivity index (χ1v) is 6.45. The van der Waals surface area contributed by atoms with Gasteiger partial charge in [0.15, 0.2) is 0 Å². The lowest BCUT2D eigenvalue weighted by molar-refractivity contribution is -0.118. The molecule has 0 atom stereocenters. The van der Waals surface area contributed by atoms with Crippen LogP contribution in [0.2, 0.25) is 0 Å². The van der Waals surface area contributed by atoms with Crippen LogP contribution >= 0.6 is 11.8 Å². The van der Waals surface area contributed by atoms with E-state index >= 15 is 0 Å². The second-order valence-electron chi connectivity index (χ2n) is 3.37. The first-order chi connectivity index (χ1) is 8.69. The summed E-state index contributed by atoms with van der Waals surface area (Å²) in [6, 6.07) is 0. The Kier molecular flexibility index (Phi) is 6.13. The number of nitrogens with one attached hydrogen (secondary N) is 1. The van der Waals surface area contributed by atoms with E-state index in [2.05, 4.69) is 20.0 Å². The van der Waals surface area contributed by atoms with Gasteiger partial charge < -0.3 is 10.1 Å². The molecule has 7 heteroatoms. The lowest BCUT2D eigenvalue weighted by Crippen LogP contribution is -2.25. The van der Waals surface area contributed by atoms with Crippen molar-refractivity contribution in [2.24, 2.45) is 0 Å². The number of aromatic nitrogens is 2. The van der Waals surface area contributed by atoms with E-state index in [4.69, 9.17) is 0 Å². The highest BCUT2D eigenvalue weighted by atomic mass is 32.2. The van der Waals surface area contributed by atoms with Gasteiger partial charge in [-0.3, -0.25) is 4.79 Å². The van der Waals surface area contributed by atoms with Gasteiger partial charge in [0.2, 0.25) is 5.91 Å². The highest BCUT2D eigenvalue weighted by molar-refractivity contribution is 8.00. The molecule has 0 aliphatic carbocycles. The van der Waals surface area contributed by atoms with E-state index in [1.54, 1.807) is 0 Å². The molecule has 0 radical (unpaired) electrons. The van der Waals surface area contributed by atoms with Gasteiger partial charge >= 0.3 is 5.97 Å². The fourth-order valence-electron chi connectivity index (χ4n) is 1.13. The van der Waals surface area contributed by atoms with Crippen molar-refractivity contribution in [3.05, 3.63) is 18.1 Å². The Bertz CT molecular complexity index is 426. The minimum absolute atomic E-state index is 0.0868. The van der Waals surface area contributed by atoms with Gasteiger partial charge in [-0.25, -0.2) is 14.8 Å². The molecule has 1 aromatic rings. The number of hydrogen-bond donors (Lipinski definition) is 1. The lowest BCUT2D eigenvalue weighted by atomic mass is 10.3. The Hall–Kier alpha value is -1.63. The normalized spacial score (nSPS) is 9.89. The molecule has 1 aromatic heterocycles. The zero-order valence-corrected chi connectivity index (χ0v) is 11.1. The van der Waals surface area contributed by atoms with Crippen LogP contribution in [0.15, 0.2) is 17.6 Å². The van der Waals surface area contributed by atoms with Crippen LogP contribution in [-0.2, 0) is 9.53 Å². The maximum atomic E-state index is 11.4. The van der Waals surface area contributed by atoms with Crippen molar-refractivity contribution in [1.82, 2.24) is 15.3 Å². The summed E-state index contributed by atoms with van der Waals surface area (Å²) in [6.45, 7) is 2.63. The first kappa shape index (κ1) is 14.4. The second-order valence-corrected chi connectivity index (χ2v) is 4.34. The molecule has 0 saturated carbocycles. The molecule has 0 aromatic carbocycles. The van der Waals surface area contributed by atoms with Gasteiger partial charge in [0, 0.05) is 12.7 Å². The number of nitrogens with zero attached hydrogens (tertiary/aromatic N) is 2. The minimum atomic E-state index is -0.507. The average Bonchev–Trinajstić information content (AvgIpc) is 2.42. The van der Waals surface area contributed by atoms with Crippen LogP contribution < -0.4 is 5.32 Å². The topological polar surface area (TPSA) is 81.2 Å². The molecule has 0 bridgehead atoms. The third kappa shape index (κ3) is 4.33. The number of esters is 1. The lowest BCUT2D eigenvalue weighted by Gasteiger charge is -2.06. The maximum Gasteiger partial charge on any atom is 0.342 e. The van der Waals surface area contributed by atoms with Crippen LogP contribution in [0.25, 0.3) is 0 Å². The third-order valence-corrected chi connectivity index (χ3v) is 3.00. The summed E-state index contributed by atoms with van der Waals surface area (Å²) < 4.78 is 4.62. The number of hydrogen-bond acceptors (Lipinski definition) is 6. The molecule has 0 aliphatic heterocycles. The second kappa shape index (κ2) is 7.65. The molecular formula is C11H15N3O3S. The molecule has 6 nitrogen and oxygen atoms in total. The first-order valence-electron chi connectivity index (χ1n) is 5.46. The van der Waals surface area contributed by atoms with Gasteiger partial charge in [-0.2, -0.15) is 0 Å². The number of carbonyl (C=O) groups excluding carboxylic acids is 2. The SMILES string of the molecule is CCCNC(=O)CSc1ncncc1C(=O)OC. The van der Waals surface area contributed by atoms with Gasteiger partial charge in [-0.1, -0.05) is 18.7 Å². The zero-order chi connectivity index (χ0) is 13.4. The molecule has 0 fully saturated rings. The standard InChI is InChI=1S/C11H15N3O3S/c1-3-4-13-9(15)6-18-10-8(11(16)17-2)5-12-7-14-10/h5,7H,3-4,6H2,1-2H3,(H,13,15). The predicted molar refractivity (Wildman–Crippen MR) is 67.4 cm³/mol. The Morgan fingerprint density at radius 1 is 1.50 bits per heavy atom. The third-order valence-electron chi connectivity index (χ3n) is 1.99. The van der Waals surface area contributed by atoms with Crippen molar-refractivity contribution >= 4 is 23.6 Å². The van der Waals surface area contributed by atoms with Crippen LogP contribution in [0.5, 0.6) is 0 Å². The summed E-state index contributed by atoms with van der Waals surface area (Å²) in [6.07, 6.45) is 3.60. The minimum Gasteiger partial charge on any atom is -0.465 e. The largest absolute Gasteiger partial charge is 0.465 e.